The van der Waals surface area contributed by atoms with Gasteiger partial charge in [0, 0.05) is 60.8 Å². The van der Waals surface area contributed by atoms with Crippen LogP contribution in [0.5, 0.6) is 0 Å². The Bertz CT molecular complexity index is 1410. The zero-order valence-electron chi connectivity index (χ0n) is 25.2. The Morgan fingerprint density at radius 3 is 2.50 bits per heavy atom. The highest BCUT2D eigenvalue weighted by molar-refractivity contribution is 6.06. The van der Waals surface area contributed by atoms with Gasteiger partial charge < -0.3 is 19.1 Å². The van der Waals surface area contributed by atoms with Crippen molar-refractivity contribution >= 4 is 28.7 Å². The second-order valence-corrected chi connectivity index (χ2v) is 12.0. The molecule has 2 aliphatic heterocycles. The zero-order valence-corrected chi connectivity index (χ0v) is 25.2. The molecule has 5 rings (SSSR count). The van der Waals surface area contributed by atoms with Crippen molar-refractivity contribution < 1.29 is 19.1 Å². The third-order valence-electron chi connectivity index (χ3n) is 8.97. The van der Waals surface area contributed by atoms with Gasteiger partial charge in [0.15, 0.2) is 0 Å². The molecule has 3 aliphatic rings. The lowest BCUT2D eigenvalue weighted by molar-refractivity contribution is -0.131. The Labute approximate surface area is 249 Å². The second-order valence-electron chi connectivity index (χ2n) is 12.0. The predicted molar refractivity (Wildman–Crippen MR) is 166 cm³/mol. The molecule has 2 fully saturated rings. The number of fused-ring (bicyclic) bond motifs is 3. The van der Waals surface area contributed by atoms with Crippen LogP contribution < -0.4 is 5.32 Å². The Kier molecular flexibility index (Phi) is 9.31. The SMILES string of the molecule is C=CC1/C=C(/C(=O)N2CCOCC2)Cn2c(c(C3CCCCC3)c3ccc(C(=O)NC(=O)N(C)C)cc32)C(/C=C\C)C1. The van der Waals surface area contributed by atoms with Crippen molar-refractivity contribution in [2.24, 2.45) is 5.92 Å². The second kappa shape index (κ2) is 13.1. The third kappa shape index (κ3) is 6.09. The van der Waals surface area contributed by atoms with E-state index in [4.69, 9.17) is 4.74 Å². The van der Waals surface area contributed by atoms with Gasteiger partial charge in [-0.3, -0.25) is 14.9 Å². The van der Waals surface area contributed by atoms with Crippen LogP contribution in [0.2, 0.25) is 0 Å². The van der Waals surface area contributed by atoms with Crippen molar-refractivity contribution in [1.82, 2.24) is 19.7 Å². The minimum Gasteiger partial charge on any atom is -0.378 e. The van der Waals surface area contributed by atoms with Crippen molar-refractivity contribution in [3.8, 4) is 0 Å². The molecule has 0 spiro atoms. The molecule has 2 aromatic rings. The van der Waals surface area contributed by atoms with Crippen LogP contribution in [-0.4, -0.2) is 72.6 Å². The van der Waals surface area contributed by atoms with E-state index in [1.165, 1.54) is 35.4 Å². The molecule has 1 saturated carbocycles. The van der Waals surface area contributed by atoms with Gasteiger partial charge in [0.05, 0.1) is 19.8 Å². The number of nitrogens with one attached hydrogen (secondary N) is 1. The number of hydrogen-bond donors (Lipinski definition) is 1. The lowest BCUT2D eigenvalue weighted by atomic mass is 9.79. The summed E-state index contributed by atoms with van der Waals surface area (Å²) in [5.41, 5.74) is 4.69. The minimum atomic E-state index is -0.460. The normalized spacial score (nSPS) is 23.0. The fourth-order valence-corrected chi connectivity index (χ4v) is 6.84. The number of morpholine rings is 1. The average Bonchev–Trinajstić information content (AvgIpc) is 3.31. The maximum atomic E-state index is 13.9. The van der Waals surface area contributed by atoms with Gasteiger partial charge in [-0.1, -0.05) is 49.6 Å². The Morgan fingerprint density at radius 1 is 1.10 bits per heavy atom. The van der Waals surface area contributed by atoms with Gasteiger partial charge >= 0.3 is 6.03 Å². The monoisotopic (exact) mass is 572 g/mol. The summed E-state index contributed by atoms with van der Waals surface area (Å²) in [6, 6.07) is 5.32. The van der Waals surface area contributed by atoms with Crippen LogP contribution in [-0.2, 0) is 16.1 Å². The van der Waals surface area contributed by atoms with E-state index in [-0.39, 0.29) is 17.7 Å². The first-order valence-corrected chi connectivity index (χ1v) is 15.3. The van der Waals surface area contributed by atoms with Crippen LogP contribution >= 0.6 is 0 Å². The van der Waals surface area contributed by atoms with Gasteiger partial charge in [-0.25, -0.2) is 4.79 Å². The van der Waals surface area contributed by atoms with E-state index >= 15 is 0 Å². The number of imide groups is 1. The number of carbonyl (C=O) groups excluding carboxylic acids is 3. The molecule has 1 aromatic heterocycles. The number of allylic oxidation sites excluding steroid dienone is 4. The van der Waals surface area contributed by atoms with Gasteiger partial charge in [0.2, 0.25) is 0 Å². The maximum absolute atomic E-state index is 13.9. The van der Waals surface area contributed by atoms with Gasteiger partial charge in [-0.05, 0) is 55.7 Å². The summed E-state index contributed by atoms with van der Waals surface area (Å²) in [7, 11) is 3.21. The third-order valence-corrected chi connectivity index (χ3v) is 8.97. The predicted octanol–water partition coefficient (Wildman–Crippen LogP) is 5.75. The molecular formula is C34H44N4O4. The van der Waals surface area contributed by atoms with Crippen molar-refractivity contribution in [3.05, 3.63) is 71.5 Å². The number of hydrogen-bond acceptors (Lipinski definition) is 4. The molecule has 1 N–H and O–H groups in total. The molecular weight excluding hydrogens is 528 g/mol. The smallest absolute Gasteiger partial charge is 0.323 e. The zero-order chi connectivity index (χ0) is 29.8. The number of rotatable bonds is 5. The lowest BCUT2D eigenvalue weighted by Crippen LogP contribution is -2.42. The number of carbonyl (C=O) groups is 3. The molecule has 4 amide bonds. The fraction of sp³-hybridized carbons (Fsp3) is 0.500. The standard InChI is InChI=1S/C34H44N4O4/c1-5-10-25-19-23(6-2)20-27(33(40)37-15-17-42-18-16-37)22-38-29-21-26(32(39)35-34(41)36(3)4)13-14-28(29)30(31(25)38)24-11-8-7-9-12-24/h5-6,10,13-14,20-21,23-25H,2,7-9,11-12,15-19,22H2,1,3-4H3,(H,35,39,41)/b10-5-,27-20+. The van der Waals surface area contributed by atoms with E-state index in [1.807, 2.05) is 23.1 Å². The lowest BCUT2D eigenvalue weighted by Gasteiger charge is -2.31. The molecule has 3 heterocycles. The highest BCUT2D eigenvalue weighted by Gasteiger charge is 2.33. The van der Waals surface area contributed by atoms with Gasteiger partial charge in [-0.2, -0.15) is 0 Å². The maximum Gasteiger partial charge on any atom is 0.323 e. The van der Waals surface area contributed by atoms with Crippen molar-refractivity contribution in [2.75, 3.05) is 40.4 Å². The molecule has 0 radical (unpaired) electrons. The largest absolute Gasteiger partial charge is 0.378 e. The summed E-state index contributed by atoms with van der Waals surface area (Å²) in [5.74, 6) is 0.200. The Balaban J connectivity index is 1.70. The molecule has 8 nitrogen and oxygen atoms in total. The van der Waals surface area contributed by atoms with Crippen LogP contribution in [0.25, 0.3) is 10.9 Å². The van der Waals surface area contributed by atoms with E-state index in [1.54, 1.807) is 14.1 Å². The summed E-state index contributed by atoms with van der Waals surface area (Å²) in [6.07, 6.45) is 15.2. The quantitative estimate of drug-likeness (QED) is 0.463. The minimum absolute atomic E-state index is 0.0344. The number of urea groups is 1. The molecule has 1 aromatic carbocycles. The van der Waals surface area contributed by atoms with Crippen LogP contribution in [0.1, 0.15) is 78.9 Å². The number of ether oxygens (including phenoxy) is 1. The van der Waals surface area contributed by atoms with Crippen molar-refractivity contribution in [2.45, 2.75) is 63.8 Å². The molecule has 2 atom stereocenters. The van der Waals surface area contributed by atoms with Crippen LogP contribution in [0.4, 0.5) is 4.79 Å². The molecule has 224 valence electrons. The number of nitrogens with zero attached hydrogens (tertiary/aromatic N) is 3. The van der Waals surface area contributed by atoms with E-state index in [9.17, 15) is 14.4 Å². The summed E-state index contributed by atoms with van der Waals surface area (Å²) < 4.78 is 7.81. The van der Waals surface area contributed by atoms with Crippen molar-refractivity contribution in [3.63, 3.8) is 0 Å². The van der Waals surface area contributed by atoms with E-state index < -0.39 is 11.9 Å². The van der Waals surface area contributed by atoms with Crippen LogP contribution in [0, 0.1) is 5.92 Å². The first-order valence-electron chi connectivity index (χ1n) is 15.3. The number of amides is 4. The highest BCUT2D eigenvalue weighted by atomic mass is 16.5. The summed E-state index contributed by atoms with van der Waals surface area (Å²) in [5, 5.41) is 3.61. The van der Waals surface area contributed by atoms with Gasteiger partial charge in [-0.15, -0.1) is 6.58 Å². The molecule has 1 saturated heterocycles. The topological polar surface area (TPSA) is 83.9 Å². The molecule has 42 heavy (non-hydrogen) atoms. The first-order chi connectivity index (χ1) is 20.3. The summed E-state index contributed by atoms with van der Waals surface area (Å²) in [4.78, 5) is 42.6. The Hall–Kier alpha value is -3.65. The van der Waals surface area contributed by atoms with Crippen molar-refractivity contribution in [1.29, 1.82) is 0 Å². The van der Waals surface area contributed by atoms with E-state index in [2.05, 4.69) is 47.7 Å². The number of benzene rings is 1. The van der Waals surface area contributed by atoms with Gasteiger partial charge in [0.25, 0.3) is 11.8 Å². The Morgan fingerprint density at radius 2 is 1.83 bits per heavy atom. The summed E-state index contributed by atoms with van der Waals surface area (Å²) in [6.45, 7) is 8.85. The van der Waals surface area contributed by atoms with Crippen LogP contribution in [0.3, 0.4) is 0 Å². The average molecular weight is 573 g/mol. The molecule has 2 unspecified atom stereocenters. The van der Waals surface area contributed by atoms with E-state index in [0.29, 0.717) is 44.3 Å². The first kappa shape index (κ1) is 29.8. The molecule has 8 heteroatoms. The summed E-state index contributed by atoms with van der Waals surface area (Å²) >= 11 is 0. The highest BCUT2D eigenvalue weighted by Crippen LogP contribution is 2.45. The van der Waals surface area contributed by atoms with E-state index in [0.717, 1.165) is 35.7 Å². The van der Waals surface area contributed by atoms with Crippen LogP contribution in [0.15, 0.2) is 54.7 Å². The molecule has 0 bridgehead atoms. The number of aromatic nitrogens is 1. The molecule has 1 aliphatic carbocycles. The fourth-order valence-electron chi connectivity index (χ4n) is 6.84. The van der Waals surface area contributed by atoms with Gasteiger partial charge in [0.1, 0.15) is 0 Å².